The summed E-state index contributed by atoms with van der Waals surface area (Å²) in [5.41, 5.74) is 0. The molecule has 0 heterocycles. The van der Waals surface area contributed by atoms with Crippen molar-refractivity contribution in [2.75, 3.05) is 40.9 Å². The molecule has 0 aliphatic rings. The van der Waals surface area contributed by atoms with E-state index in [1.807, 2.05) is 21.1 Å². The molecule has 52 heavy (non-hydrogen) atoms. The highest BCUT2D eigenvalue weighted by Crippen LogP contribution is 2.38. The number of phosphoric ester groups is 1. The number of allylic oxidation sites excluding steroid dienone is 4. The van der Waals surface area contributed by atoms with E-state index < -0.39 is 20.0 Å². The second-order valence-electron chi connectivity index (χ2n) is 16.0. The fourth-order valence-electron chi connectivity index (χ4n) is 6.14. The van der Waals surface area contributed by atoms with E-state index in [0.29, 0.717) is 23.9 Å². The molecule has 0 aliphatic carbocycles. The predicted octanol–water partition coefficient (Wildman–Crippen LogP) is 11.1. The SMILES string of the molecule is CCCCC/C=C/CCCC[C@@H](O)[C@H](COP(=O)([O-])OCC[N+](C)(C)C)NC(=O)CCCCCCCCCCCCC/C=C/CCCCCCCC. The van der Waals surface area contributed by atoms with Crippen LogP contribution in [-0.2, 0) is 18.4 Å². The highest BCUT2D eigenvalue weighted by molar-refractivity contribution is 7.45. The number of phosphoric acid groups is 1. The number of nitrogens with one attached hydrogen (secondary N) is 1. The van der Waals surface area contributed by atoms with Crippen molar-refractivity contribution in [2.24, 2.45) is 0 Å². The predicted molar refractivity (Wildman–Crippen MR) is 219 cm³/mol. The number of aliphatic hydroxyl groups excluding tert-OH is 1. The van der Waals surface area contributed by atoms with E-state index in [4.69, 9.17) is 9.05 Å². The minimum Gasteiger partial charge on any atom is -0.756 e. The molecule has 0 saturated carbocycles. The molecule has 0 aromatic carbocycles. The molecule has 0 spiro atoms. The average molecular weight is 757 g/mol. The van der Waals surface area contributed by atoms with Gasteiger partial charge in [-0.25, -0.2) is 0 Å². The van der Waals surface area contributed by atoms with Crippen molar-refractivity contribution >= 4 is 13.7 Å². The number of likely N-dealkylation sites (N-methyl/N-ethyl adjacent to an activating group) is 1. The van der Waals surface area contributed by atoms with Gasteiger partial charge in [-0.3, -0.25) is 9.36 Å². The molecule has 0 aromatic rings. The molecule has 2 N–H and O–H groups in total. The van der Waals surface area contributed by atoms with Crippen LogP contribution in [0.3, 0.4) is 0 Å². The summed E-state index contributed by atoms with van der Waals surface area (Å²) in [6.45, 7) is 4.64. The van der Waals surface area contributed by atoms with Gasteiger partial charge < -0.3 is 28.8 Å². The first-order valence-corrected chi connectivity index (χ1v) is 23.1. The second kappa shape index (κ2) is 35.7. The lowest BCUT2D eigenvalue weighted by Crippen LogP contribution is -2.46. The monoisotopic (exact) mass is 757 g/mol. The third kappa shape index (κ3) is 37.3. The number of quaternary nitrogens is 1. The molecule has 0 rings (SSSR count). The fraction of sp³-hybridized carbons (Fsp3) is 0.884. The maximum Gasteiger partial charge on any atom is 0.268 e. The number of carbonyl (C=O) groups is 1. The zero-order valence-electron chi connectivity index (χ0n) is 34.8. The van der Waals surface area contributed by atoms with Crippen LogP contribution in [0.1, 0.15) is 194 Å². The van der Waals surface area contributed by atoms with Gasteiger partial charge in [0.15, 0.2) is 0 Å². The summed E-state index contributed by atoms with van der Waals surface area (Å²) in [4.78, 5) is 25.2. The van der Waals surface area contributed by atoms with E-state index in [-0.39, 0.29) is 19.1 Å². The van der Waals surface area contributed by atoms with E-state index in [0.717, 1.165) is 44.9 Å². The molecule has 1 amide bonds. The molecule has 9 heteroatoms. The van der Waals surface area contributed by atoms with Crippen molar-refractivity contribution in [2.45, 2.75) is 206 Å². The molecular weight excluding hydrogens is 671 g/mol. The number of amides is 1. The Labute approximate surface area is 322 Å². The van der Waals surface area contributed by atoms with Crippen LogP contribution in [0.2, 0.25) is 0 Å². The van der Waals surface area contributed by atoms with Crippen LogP contribution in [0.4, 0.5) is 0 Å². The van der Waals surface area contributed by atoms with Crippen LogP contribution in [0, 0.1) is 0 Å². The smallest absolute Gasteiger partial charge is 0.268 e. The Balaban J connectivity index is 4.23. The van der Waals surface area contributed by atoms with Gasteiger partial charge in [0, 0.05) is 6.42 Å². The molecule has 8 nitrogen and oxygen atoms in total. The molecule has 1 unspecified atom stereocenters. The van der Waals surface area contributed by atoms with Crippen LogP contribution in [-0.4, -0.2) is 68.5 Å². The van der Waals surface area contributed by atoms with Crippen molar-refractivity contribution in [1.29, 1.82) is 0 Å². The Bertz CT molecular complexity index is 907. The normalized spacial score (nSPS) is 14.7. The van der Waals surface area contributed by atoms with E-state index in [1.165, 1.54) is 122 Å². The fourth-order valence-corrected chi connectivity index (χ4v) is 6.87. The third-order valence-corrected chi connectivity index (χ3v) is 10.6. The summed E-state index contributed by atoms with van der Waals surface area (Å²) in [5, 5.41) is 13.8. The van der Waals surface area contributed by atoms with E-state index in [1.54, 1.807) is 0 Å². The molecule has 0 bridgehead atoms. The van der Waals surface area contributed by atoms with Gasteiger partial charge in [-0.2, -0.15) is 0 Å². The molecule has 3 atom stereocenters. The van der Waals surface area contributed by atoms with Crippen molar-refractivity contribution in [3.05, 3.63) is 24.3 Å². The zero-order valence-corrected chi connectivity index (χ0v) is 35.7. The molecule has 0 saturated heterocycles. The molecular formula is C43H85N2O6P. The van der Waals surface area contributed by atoms with Crippen LogP contribution in [0.25, 0.3) is 0 Å². The number of rotatable bonds is 39. The van der Waals surface area contributed by atoms with Gasteiger partial charge in [0.25, 0.3) is 7.82 Å². The summed E-state index contributed by atoms with van der Waals surface area (Å²) < 4.78 is 23.1. The van der Waals surface area contributed by atoms with Gasteiger partial charge in [-0.05, 0) is 64.2 Å². The Morgan fingerprint density at radius 2 is 1.06 bits per heavy atom. The summed E-state index contributed by atoms with van der Waals surface area (Å²) in [6, 6.07) is -0.812. The first-order valence-electron chi connectivity index (χ1n) is 21.7. The van der Waals surface area contributed by atoms with Crippen LogP contribution in [0.15, 0.2) is 24.3 Å². The van der Waals surface area contributed by atoms with Crippen molar-refractivity contribution in [3.8, 4) is 0 Å². The molecule has 0 aliphatic heterocycles. The maximum atomic E-state index is 12.8. The Morgan fingerprint density at radius 1 is 0.654 bits per heavy atom. The quantitative estimate of drug-likeness (QED) is 0.0280. The van der Waals surface area contributed by atoms with Gasteiger partial charge in [0.05, 0.1) is 39.9 Å². The highest BCUT2D eigenvalue weighted by atomic mass is 31.2. The van der Waals surface area contributed by atoms with Gasteiger partial charge in [-0.15, -0.1) is 0 Å². The number of carbonyl (C=O) groups excluding carboxylic acids is 1. The van der Waals surface area contributed by atoms with Gasteiger partial charge in [0.2, 0.25) is 5.91 Å². The lowest BCUT2D eigenvalue weighted by Gasteiger charge is -2.30. The Morgan fingerprint density at radius 3 is 1.54 bits per heavy atom. The van der Waals surface area contributed by atoms with Crippen LogP contribution >= 0.6 is 7.82 Å². The van der Waals surface area contributed by atoms with Crippen molar-refractivity contribution in [1.82, 2.24) is 5.32 Å². The minimum atomic E-state index is -4.56. The van der Waals surface area contributed by atoms with E-state index in [9.17, 15) is 19.4 Å². The lowest BCUT2D eigenvalue weighted by molar-refractivity contribution is -0.870. The van der Waals surface area contributed by atoms with Crippen molar-refractivity contribution in [3.63, 3.8) is 0 Å². The number of hydrogen-bond donors (Lipinski definition) is 2. The standard InChI is InChI=1S/C43H85N2O6P/c1-6-8-10-12-14-16-17-18-19-20-21-22-23-24-25-26-27-29-31-33-35-37-43(47)44-41(40-51-52(48,49)50-39-38-45(3,4)5)42(46)36-34-32-30-28-15-13-11-9-7-2/h15,18-19,28,41-42,46H,6-14,16-17,20-27,29-40H2,1-5H3,(H-,44,47,48,49)/b19-18+,28-15+/t41-,42+/m0/s1. The number of hydrogen-bond acceptors (Lipinski definition) is 6. The summed E-state index contributed by atoms with van der Waals surface area (Å²) in [7, 11) is 1.29. The van der Waals surface area contributed by atoms with E-state index >= 15 is 0 Å². The molecule has 308 valence electrons. The number of nitrogens with zero attached hydrogens (tertiary/aromatic N) is 1. The summed E-state index contributed by atoms with van der Waals surface area (Å²) >= 11 is 0. The molecule has 0 aromatic heterocycles. The highest BCUT2D eigenvalue weighted by Gasteiger charge is 2.24. The molecule has 0 radical (unpaired) electrons. The first-order chi connectivity index (χ1) is 25.0. The number of unbranched alkanes of at least 4 members (excludes halogenated alkanes) is 22. The first kappa shape index (κ1) is 51.0. The van der Waals surface area contributed by atoms with Gasteiger partial charge in [-0.1, -0.05) is 147 Å². The Kier molecular flexibility index (Phi) is 35.0. The van der Waals surface area contributed by atoms with E-state index in [2.05, 4.69) is 43.5 Å². The van der Waals surface area contributed by atoms with Crippen molar-refractivity contribution < 1.29 is 32.9 Å². The molecule has 0 fully saturated rings. The number of aliphatic hydroxyl groups is 1. The van der Waals surface area contributed by atoms with Gasteiger partial charge >= 0.3 is 0 Å². The zero-order chi connectivity index (χ0) is 38.6. The second-order valence-corrected chi connectivity index (χ2v) is 17.4. The summed E-state index contributed by atoms with van der Waals surface area (Å²) in [6.07, 6.45) is 40.5. The lowest BCUT2D eigenvalue weighted by atomic mass is 10.0. The summed E-state index contributed by atoms with van der Waals surface area (Å²) in [5.74, 6) is -0.178. The van der Waals surface area contributed by atoms with Gasteiger partial charge in [0.1, 0.15) is 13.2 Å². The van der Waals surface area contributed by atoms with Crippen LogP contribution < -0.4 is 10.2 Å². The maximum absolute atomic E-state index is 12.8. The average Bonchev–Trinajstić information content (AvgIpc) is 3.09. The van der Waals surface area contributed by atoms with Crippen LogP contribution in [0.5, 0.6) is 0 Å². The Hall–Kier alpha value is -1.02. The topological polar surface area (TPSA) is 108 Å². The largest absolute Gasteiger partial charge is 0.756 e. The third-order valence-electron chi connectivity index (χ3n) is 9.66. The minimum absolute atomic E-state index is 0.00724.